The molecule has 5 N–H and O–H groups in total. The van der Waals surface area contributed by atoms with E-state index in [1.165, 1.54) is 12.3 Å². The fraction of sp³-hybridized carbons (Fsp3) is 0.417. The topological polar surface area (TPSA) is 120 Å². The molecule has 0 atom stereocenters. The van der Waals surface area contributed by atoms with Crippen molar-refractivity contribution in [3.63, 3.8) is 0 Å². The van der Waals surface area contributed by atoms with E-state index in [1.807, 2.05) is 0 Å². The maximum atomic E-state index is 11.6. The predicted octanol–water partition coefficient (Wildman–Crippen LogP) is -0.293. The SMILES string of the molecule is C=C/C(NC(=O)NCC/N=C/CC(=O)O)=C(/N)N(C)C. The first-order valence-corrected chi connectivity index (χ1v) is 5.93. The Morgan fingerprint density at radius 3 is 2.60 bits per heavy atom. The summed E-state index contributed by atoms with van der Waals surface area (Å²) in [4.78, 5) is 27.2. The van der Waals surface area contributed by atoms with Gasteiger partial charge in [0.2, 0.25) is 0 Å². The van der Waals surface area contributed by atoms with Crippen molar-refractivity contribution in [1.29, 1.82) is 0 Å². The number of carbonyl (C=O) groups is 2. The van der Waals surface area contributed by atoms with Gasteiger partial charge in [0.1, 0.15) is 5.82 Å². The molecular weight excluding hydrogens is 262 g/mol. The first kappa shape index (κ1) is 17.5. The summed E-state index contributed by atoms with van der Waals surface area (Å²) < 4.78 is 0. The van der Waals surface area contributed by atoms with Gasteiger partial charge in [0.15, 0.2) is 0 Å². The Kier molecular flexibility index (Phi) is 8.24. The Morgan fingerprint density at radius 1 is 1.45 bits per heavy atom. The van der Waals surface area contributed by atoms with Crippen molar-refractivity contribution in [1.82, 2.24) is 15.5 Å². The van der Waals surface area contributed by atoms with Crippen molar-refractivity contribution in [3.05, 3.63) is 24.2 Å². The van der Waals surface area contributed by atoms with Gasteiger partial charge in [-0.05, 0) is 6.08 Å². The van der Waals surface area contributed by atoms with Crippen LogP contribution >= 0.6 is 0 Å². The second-order valence-electron chi connectivity index (χ2n) is 3.96. The molecule has 0 radical (unpaired) electrons. The molecule has 0 spiro atoms. The van der Waals surface area contributed by atoms with Crippen molar-refractivity contribution in [3.8, 4) is 0 Å². The van der Waals surface area contributed by atoms with Gasteiger partial charge in [-0.1, -0.05) is 6.58 Å². The number of hydrogen-bond donors (Lipinski definition) is 4. The highest BCUT2D eigenvalue weighted by Gasteiger charge is 2.06. The largest absolute Gasteiger partial charge is 0.481 e. The summed E-state index contributed by atoms with van der Waals surface area (Å²) in [5, 5.41) is 13.5. The van der Waals surface area contributed by atoms with Crippen LogP contribution in [0.4, 0.5) is 4.79 Å². The molecule has 0 saturated carbocycles. The van der Waals surface area contributed by atoms with Gasteiger partial charge in [0.05, 0.1) is 18.7 Å². The first-order valence-electron chi connectivity index (χ1n) is 5.93. The molecule has 0 aliphatic rings. The van der Waals surface area contributed by atoms with Crippen LogP contribution < -0.4 is 16.4 Å². The van der Waals surface area contributed by atoms with Crippen molar-refractivity contribution in [2.24, 2.45) is 10.7 Å². The Hall–Kier alpha value is -2.51. The van der Waals surface area contributed by atoms with E-state index in [2.05, 4.69) is 22.2 Å². The minimum Gasteiger partial charge on any atom is -0.481 e. The van der Waals surface area contributed by atoms with Crippen molar-refractivity contribution in [2.75, 3.05) is 27.2 Å². The molecule has 2 amide bonds. The highest BCUT2D eigenvalue weighted by atomic mass is 16.4. The van der Waals surface area contributed by atoms with Crippen LogP contribution in [0.15, 0.2) is 29.2 Å². The molecule has 8 heteroatoms. The van der Waals surface area contributed by atoms with E-state index >= 15 is 0 Å². The van der Waals surface area contributed by atoms with E-state index in [9.17, 15) is 9.59 Å². The number of nitrogens with one attached hydrogen (secondary N) is 2. The Bertz CT molecular complexity index is 415. The maximum absolute atomic E-state index is 11.6. The molecule has 0 heterocycles. The van der Waals surface area contributed by atoms with Crippen LogP contribution in [-0.2, 0) is 4.79 Å². The molecule has 0 aromatic rings. The van der Waals surface area contributed by atoms with Gasteiger partial charge in [-0.3, -0.25) is 9.79 Å². The Balaban J connectivity index is 4.11. The fourth-order valence-electron chi connectivity index (χ4n) is 1.09. The number of nitrogens with two attached hydrogens (primary N) is 1. The summed E-state index contributed by atoms with van der Waals surface area (Å²) in [6, 6.07) is -0.432. The van der Waals surface area contributed by atoms with E-state index in [0.717, 1.165) is 0 Å². The molecule has 0 aliphatic heterocycles. The summed E-state index contributed by atoms with van der Waals surface area (Å²) in [6.45, 7) is 4.16. The molecular formula is C12H21N5O3. The average Bonchev–Trinajstić information content (AvgIpc) is 2.38. The minimum absolute atomic E-state index is 0.130. The van der Waals surface area contributed by atoms with Gasteiger partial charge in [-0.25, -0.2) is 4.79 Å². The number of aliphatic carboxylic acids is 1. The monoisotopic (exact) mass is 283 g/mol. The van der Waals surface area contributed by atoms with Gasteiger partial charge >= 0.3 is 12.0 Å². The zero-order valence-electron chi connectivity index (χ0n) is 11.7. The third-order valence-corrected chi connectivity index (χ3v) is 2.13. The summed E-state index contributed by atoms with van der Waals surface area (Å²) in [6.07, 6.45) is 2.61. The number of rotatable bonds is 8. The number of nitrogens with zero attached hydrogens (tertiary/aromatic N) is 2. The fourth-order valence-corrected chi connectivity index (χ4v) is 1.09. The number of carbonyl (C=O) groups excluding carboxylic acids is 1. The normalized spacial score (nSPS) is 11.7. The number of carboxylic acid groups (broad SMARTS) is 1. The first-order chi connectivity index (χ1) is 9.38. The molecule has 8 nitrogen and oxygen atoms in total. The van der Waals surface area contributed by atoms with E-state index < -0.39 is 12.0 Å². The van der Waals surface area contributed by atoms with Crippen molar-refractivity contribution >= 4 is 18.2 Å². The smallest absolute Gasteiger partial charge is 0.319 e. The van der Waals surface area contributed by atoms with Gasteiger partial charge < -0.3 is 26.4 Å². The number of aliphatic imine (C=N–C) groups is 1. The lowest BCUT2D eigenvalue weighted by molar-refractivity contribution is -0.135. The number of amides is 2. The number of hydrogen-bond acceptors (Lipinski definition) is 5. The zero-order chi connectivity index (χ0) is 15.5. The maximum Gasteiger partial charge on any atom is 0.319 e. The second kappa shape index (κ2) is 9.42. The van der Waals surface area contributed by atoms with Crippen LogP contribution in [0, 0.1) is 0 Å². The highest BCUT2D eigenvalue weighted by molar-refractivity contribution is 5.84. The Labute approximate surface area is 118 Å². The van der Waals surface area contributed by atoms with E-state index in [-0.39, 0.29) is 13.0 Å². The molecule has 0 aromatic heterocycles. The molecule has 0 saturated heterocycles. The molecule has 0 fully saturated rings. The molecule has 0 unspecified atom stereocenters. The van der Waals surface area contributed by atoms with Crippen LogP contribution in [-0.4, -0.2) is 55.4 Å². The van der Waals surface area contributed by atoms with Gasteiger partial charge in [0.25, 0.3) is 0 Å². The van der Waals surface area contributed by atoms with E-state index in [4.69, 9.17) is 10.8 Å². The van der Waals surface area contributed by atoms with Crippen LogP contribution in [0.1, 0.15) is 6.42 Å². The summed E-state index contributed by atoms with van der Waals surface area (Å²) in [5.41, 5.74) is 6.16. The quantitative estimate of drug-likeness (QED) is 0.277. The predicted molar refractivity (Wildman–Crippen MR) is 77.2 cm³/mol. The molecule has 112 valence electrons. The van der Waals surface area contributed by atoms with Crippen LogP contribution in [0.5, 0.6) is 0 Å². The highest BCUT2D eigenvalue weighted by Crippen LogP contribution is 1.98. The molecule has 0 bridgehead atoms. The molecule has 20 heavy (non-hydrogen) atoms. The van der Waals surface area contributed by atoms with E-state index in [1.54, 1.807) is 19.0 Å². The second-order valence-corrected chi connectivity index (χ2v) is 3.96. The van der Waals surface area contributed by atoms with Gasteiger partial charge in [-0.2, -0.15) is 0 Å². The standard InChI is InChI=1S/C12H21N5O3/c1-4-9(11(13)17(2)3)16-12(20)15-8-7-14-6-5-10(18)19/h4,6H,1,5,7-8,13H2,2-3H3,(H,18,19)(H2,15,16,20)/b11-9+,14-6+. The summed E-state index contributed by atoms with van der Waals surface area (Å²) in [7, 11) is 3.49. The lowest BCUT2D eigenvalue weighted by Crippen LogP contribution is -2.38. The molecule has 0 rings (SSSR count). The lowest BCUT2D eigenvalue weighted by Gasteiger charge is -2.16. The number of urea groups is 1. The van der Waals surface area contributed by atoms with Gasteiger partial charge in [-0.15, -0.1) is 0 Å². The molecule has 0 aromatic carbocycles. The van der Waals surface area contributed by atoms with Crippen LogP contribution in [0.2, 0.25) is 0 Å². The minimum atomic E-state index is -0.945. The third kappa shape index (κ3) is 7.75. The van der Waals surface area contributed by atoms with E-state index in [0.29, 0.717) is 18.1 Å². The van der Waals surface area contributed by atoms with Crippen molar-refractivity contribution < 1.29 is 14.7 Å². The molecule has 0 aliphatic carbocycles. The summed E-state index contributed by atoms with van der Waals surface area (Å²) >= 11 is 0. The van der Waals surface area contributed by atoms with Crippen LogP contribution in [0.25, 0.3) is 0 Å². The lowest BCUT2D eigenvalue weighted by atomic mass is 10.4. The average molecular weight is 283 g/mol. The number of allylic oxidation sites excluding steroid dienone is 1. The number of carboxylic acids is 1. The van der Waals surface area contributed by atoms with Crippen molar-refractivity contribution in [2.45, 2.75) is 6.42 Å². The third-order valence-electron chi connectivity index (χ3n) is 2.13. The Morgan fingerprint density at radius 2 is 2.10 bits per heavy atom. The van der Waals surface area contributed by atoms with Crippen LogP contribution in [0.3, 0.4) is 0 Å². The summed E-state index contributed by atoms with van der Waals surface area (Å²) in [5.74, 6) is -0.561. The van der Waals surface area contributed by atoms with Gasteiger partial charge in [0, 0.05) is 26.9 Å². The zero-order valence-corrected chi connectivity index (χ0v) is 11.7.